The zero-order valence-corrected chi connectivity index (χ0v) is 9.90. The van der Waals surface area contributed by atoms with Gasteiger partial charge in [0, 0.05) is 28.7 Å². The van der Waals surface area contributed by atoms with Crippen LogP contribution in [0, 0.1) is 0 Å². The standard InChI is InChI=1S/C13H17NO2/c1-9(2)14-7-10(8-15)12-6-11(16-3)4-5-13(12)14/h4-7,9,15H,8H2,1-3H3. The Bertz CT molecular complexity index is 500. The number of aliphatic hydroxyl groups excluding tert-OH is 1. The van der Waals surface area contributed by atoms with Crippen molar-refractivity contribution in [1.29, 1.82) is 0 Å². The second kappa shape index (κ2) is 4.18. The Labute approximate surface area is 95.3 Å². The van der Waals surface area contributed by atoms with Crippen molar-refractivity contribution in [2.75, 3.05) is 7.11 Å². The summed E-state index contributed by atoms with van der Waals surface area (Å²) in [6.07, 6.45) is 2.01. The molecule has 2 rings (SSSR count). The van der Waals surface area contributed by atoms with Gasteiger partial charge in [-0.05, 0) is 32.0 Å². The van der Waals surface area contributed by atoms with Crippen LogP contribution in [0.3, 0.4) is 0 Å². The molecule has 1 aromatic heterocycles. The smallest absolute Gasteiger partial charge is 0.119 e. The van der Waals surface area contributed by atoms with Gasteiger partial charge in [0.15, 0.2) is 0 Å². The Morgan fingerprint density at radius 1 is 1.38 bits per heavy atom. The first-order valence-corrected chi connectivity index (χ1v) is 5.45. The zero-order chi connectivity index (χ0) is 11.7. The first kappa shape index (κ1) is 11.0. The van der Waals surface area contributed by atoms with Crippen LogP contribution in [-0.2, 0) is 6.61 Å². The number of nitrogens with zero attached hydrogens (tertiary/aromatic N) is 1. The lowest BCUT2D eigenvalue weighted by molar-refractivity contribution is 0.283. The van der Waals surface area contributed by atoms with Crippen LogP contribution in [0.5, 0.6) is 5.75 Å². The predicted molar refractivity (Wildman–Crippen MR) is 64.8 cm³/mol. The molecule has 0 aliphatic carbocycles. The molecule has 3 nitrogen and oxygen atoms in total. The van der Waals surface area contributed by atoms with Gasteiger partial charge in [0.25, 0.3) is 0 Å². The number of aliphatic hydroxyl groups is 1. The van der Waals surface area contributed by atoms with Crippen LogP contribution in [0.1, 0.15) is 25.5 Å². The minimum Gasteiger partial charge on any atom is -0.497 e. The van der Waals surface area contributed by atoms with Gasteiger partial charge in [-0.1, -0.05) is 0 Å². The number of ether oxygens (including phenoxy) is 1. The van der Waals surface area contributed by atoms with Crippen molar-refractivity contribution in [3.05, 3.63) is 30.0 Å². The molecular formula is C13H17NO2. The fraction of sp³-hybridized carbons (Fsp3) is 0.385. The fourth-order valence-electron chi connectivity index (χ4n) is 1.98. The van der Waals surface area contributed by atoms with Crippen LogP contribution >= 0.6 is 0 Å². The average Bonchev–Trinajstić information content (AvgIpc) is 2.66. The first-order valence-electron chi connectivity index (χ1n) is 5.45. The summed E-state index contributed by atoms with van der Waals surface area (Å²) < 4.78 is 7.37. The van der Waals surface area contributed by atoms with E-state index in [9.17, 15) is 5.11 Å². The third kappa shape index (κ3) is 1.67. The fourth-order valence-corrected chi connectivity index (χ4v) is 1.98. The molecular weight excluding hydrogens is 202 g/mol. The maximum atomic E-state index is 9.34. The van der Waals surface area contributed by atoms with Gasteiger partial charge in [-0.15, -0.1) is 0 Å². The van der Waals surface area contributed by atoms with Crippen molar-refractivity contribution in [3.63, 3.8) is 0 Å². The number of hydrogen-bond acceptors (Lipinski definition) is 2. The molecule has 0 amide bonds. The lowest BCUT2D eigenvalue weighted by Crippen LogP contribution is -1.97. The third-order valence-electron chi connectivity index (χ3n) is 2.85. The van der Waals surface area contributed by atoms with Crippen LogP contribution in [0.15, 0.2) is 24.4 Å². The predicted octanol–water partition coefficient (Wildman–Crippen LogP) is 2.72. The second-order valence-electron chi connectivity index (χ2n) is 4.20. The zero-order valence-electron chi connectivity index (χ0n) is 9.90. The SMILES string of the molecule is COc1ccc2c(c1)c(CO)cn2C(C)C. The van der Waals surface area contributed by atoms with Crippen molar-refractivity contribution in [2.45, 2.75) is 26.5 Å². The molecule has 0 saturated heterocycles. The molecule has 1 heterocycles. The van der Waals surface area contributed by atoms with E-state index in [1.165, 1.54) is 0 Å². The summed E-state index contributed by atoms with van der Waals surface area (Å²) in [7, 11) is 1.65. The molecule has 3 heteroatoms. The summed E-state index contributed by atoms with van der Waals surface area (Å²) in [6, 6.07) is 6.34. The van der Waals surface area contributed by atoms with Gasteiger partial charge in [-0.2, -0.15) is 0 Å². The Hall–Kier alpha value is -1.48. The second-order valence-corrected chi connectivity index (χ2v) is 4.20. The van der Waals surface area contributed by atoms with Crippen molar-refractivity contribution < 1.29 is 9.84 Å². The summed E-state index contributed by atoms with van der Waals surface area (Å²) in [5.74, 6) is 0.823. The van der Waals surface area contributed by atoms with Crippen molar-refractivity contribution >= 4 is 10.9 Å². The van der Waals surface area contributed by atoms with Gasteiger partial charge in [0.05, 0.1) is 13.7 Å². The number of aromatic nitrogens is 1. The molecule has 0 fully saturated rings. The Morgan fingerprint density at radius 2 is 2.12 bits per heavy atom. The van der Waals surface area contributed by atoms with E-state index in [0.29, 0.717) is 6.04 Å². The van der Waals surface area contributed by atoms with Crippen LogP contribution in [0.25, 0.3) is 10.9 Å². The normalized spacial score (nSPS) is 11.3. The highest BCUT2D eigenvalue weighted by molar-refractivity contribution is 5.85. The molecule has 0 radical (unpaired) electrons. The van der Waals surface area contributed by atoms with E-state index in [4.69, 9.17) is 4.74 Å². The van der Waals surface area contributed by atoms with E-state index in [-0.39, 0.29) is 6.61 Å². The summed E-state index contributed by atoms with van der Waals surface area (Å²) >= 11 is 0. The quantitative estimate of drug-likeness (QED) is 0.861. The van der Waals surface area contributed by atoms with Crippen LogP contribution < -0.4 is 4.74 Å². The largest absolute Gasteiger partial charge is 0.497 e. The topological polar surface area (TPSA) is 34.4 Å². The van der Waals surface area contributed by atoms with Crippen molar-refractivity contribution in [1.82, 2.24) is 4.57 Å². The minimum absolute atomic E-state index is 0.0589. The van der Waals surface area contributed by atoms with E-state index in [0.717, 1.165) is 22.2 Å². The summed E-state index contributed by atoms with van der Waals surface area (Å²) in [5, 5.41) is 10.4. The molecule has 0 aliphatic heterocycles. The van der Waals surface area contributed by atoms with Gasteiger partial charge in [-0.25, -0.2) is 0 Å². The number of rotatable bonds is 3. The lowest BCUT2D eigenvalue weighted by Gasteiger charge is -2.09. The average molecular weight is 219 g/mol. The van der Waals surface area contributed by atoms with Crippen LogP contribution in [-0.4, -0.2) is 16.8 Å². The molecule has 0 saturated carbocycles. The van der Waals surface area contributed by atoms with Gasteiger partial charge in [0.2, 0.25) is 0 Å². The number of fused-ring (bicyclic) bond motifs is 1. The molecule has 0 unspecified atom stereocenters. The third-order valence-corrected chi connectivity index (χ3v) is 2.85. The van der Waals surface area contributed by atoms with E-state index in [1.807, 2.05) is 24.4 Å². The number of hydrogen-bond donors (Lipinski definition) is 1. The maximum absolute atomic E-state index is 9.34. The highest BCUT2D eigenvalue weighted by atomic mass is 16.5. The minimum atomic E-state index is 0.0589. The lowest BCUT2D eigenvalue weighted by atomic mass is 10.2. The molecule has 2 aromatic rings. The highest BCUT2D eigenvalue weighted by Gasteiger charge is 2.10. The van der Waals surface area contributed by atoms with Gasteiger partial charge >= 0.3 is 0 Å². The first-order chi connectivity index (χ1) is 7.67. The number of benzene rings is 1. The van der Waals surface area contributed by atoms with Gasteiger partial charge in [0.1, 0.15) is 5.75 Å². The summed E-state index contributed by atoms with van der Waals surface area (Å²) in [6.45, 7) is 4.32. The van der Waals surface area contributed by atoms with Crippen molar-refractivity contribution in [2.24, 2.45) is 0 Å². The van der Waals surface area contributed by atoms with Crippen LogP contribution in [0.4, 0.5) is 0 Å². The Balaban J connectivity index is 2.69. The number of methoxy groups -OCH3 is 1. The van der Waals surface area contributed by atoms with Gasteiger partial charge < -0.3 is 14.4 Å². The molecule has 86 valence electrons. The van der Waals surface area contributed by atoms with E-state index < -0.39 is 0 Å². The molecule has 16 heavy (non-hydrogen) atoms. The molecule has 0 bridgehead atoms. The van der Waals surface area contributed by atoms with Crippen molar-refractivity contribution in [3.8, 4) is 5.75 Å². The van der Waals surface area contributed by atoms with E-state index in [1.54, 1.807) is 7.11 Å². The molecule has 1 aromatic carbocycles. The van der Waals surface area contributed by atoms with E-state index >= 15 is 0 Å². The Kier molecular flexibility index (Phi) is 2.88. The summed E-state index contributed by atoms with van der Waals surface area (Å²) in [4.78, 5) is 0. The monoisotopic (exact) mass is 219 g/mol. The molecule has 0 atom stereocenters. The van der Waals surface area contributed by atoms with Gasteiger partial charge in [-0.3, -0.25) is 0 Å². The highest BCUT2D eigenvalue weighted by Crippen LogP contribution is 2.28. The molecule has 0 spiro atoms. The van der Waals surface area contributed by atoms with E-state index in [2.05, 4.69) is 18.4 Å². The Morgan fingerprint density at radius 3 is 2.69 bits per heavy atom. The summed E-state index contributed by atoms with van der Waals surface area (Å²) in [5.41, 5.74) is 2.09. The molecule has 0 aliphatic rings. The molecule has 1 N–H and O–H groups in total. The van der Waals surface area contributed by atoms with Crippen LogP contribution in [0.2, 0.25) is 0 Å². The maximum Gasteiger partial charge on any atom is 0.119 e.